The van der Waals surface area contributed by atoms with Gasteiger partial charge in [0, 0.05) is 20.5 Å². The SMILES string of the molecule is CC(CC=O)c1ccc(N(C)C)c(F)c1. The molecule has 0 heterocycles. The van der Waals surface area contributed by atoms with E-state index in [1.807, 2.05) is 13.0 Å². The van der Waals surface area contributed by atoms with E-state index in [1.165, 1.54) is 6.07 Å². The number of carbonyl (C=O) groups excluding carboxylic acids is 1. The van der Waals surface area contributed by atoms with Gasteiger partial charge in [-0.25, -0.2) is 4.39 Å². The number of aldehydes is 1. The monoisotopic (exact) mass is 209 g/mol. The Balaban J connectivity index is 2.95. The molecule has 15 heavy (non-hydrogen) atoms. The van der Waals surface area contributed by atoms with Crippen LogP contribution >= 0.6 is 0 Å². The van der Waals surface area contributed by atoms with Crippen molar-refractivity contribution in [1.82, 2.24) is 0 Å². The van der Waals surface area contributed by atoms with E-state index in [4.69, 9.17) is 0 Å². The summed E-state index contributed by atoms with van der Waals surface area (Å²) in [5.41, 5.74) is 1.43. The molecule has 0 fully saturated rings. The lowest BCUT2D eigenvalue weighted by atomic mass is 9.98. The fraction of sp³-hybridized carbons (Fsp3) is 0.417. The number of carbonyl (C=O) groups is 1. The minimum absolute atomic E-state index is 0.0770. The Morgan fingerprint density at radius 1 is 1.47 bits per heavy atom. The zero-order valence-electron chi connectivity index (χ0n) is 9.33. The van der Waals surface area contributed by atoms with Crippen LogP contribution in [0.15, 0.2) is 18.2 Å². The molecule has 1 aromatic rings. The Kier molecular flexibility index (Phi) is 3.83. The predicted molar refractivity (Wildman–Crippen MR) is 59.8 cm³/mol. The van der Waals surface area contributed by atoms with Crippen molar-refractivity contribution in [1.29, 1.82) is 0 Å². The number of rotatable bonds is 4. The topological polar surface area (TPSA) is 20.3 Å². The molecule has 0 saturated heterocycles. The summed E-state index contributed by atoms with van der Waals surface area (Å²) in [5.74, 6) is -0.163. The van der Waals surface area contributed by atoms with Crippen LogP contribution in [-0.2, 0) is 4.79 Å². The molecule has 0 saturated carbocycles. The summed E-state index contributed by atoms with van der Waals surface area (Å²) >= 11 is 0. The van der Waals surface area contributed by atoms with Crippen LogP contribution < -0.4 is 4.90 Å². The van der Waals surface area contributed by atoms with Gasteiger partial charge in [0.1, 0.15) is 12.1 Å². The summed E-state index contributed by atoms with van der Waals surface area (Å²) in [7, 11) is 3.60. The zero-order valence-corrected chi connectivity index (χ0v) is 9.33. The summed E-state index contributed by atoms with van der Waals surface area (Å²) in [6.45, 7) is 1.92. The highest BCUT2D eigenvalue weighted by atomic mass is 19.1. The highest BCUT2D eigenvalue weighted by Crippen LogP contribution is 2.24. The minimum atomic E-state index is -0.241. The average molecular weight is 209 g/mol. The lowest BCUT2D eigenvalue weighted by molar-refractivity contribution is -0.108. The Morgan fingerprint density at radius 2 is 2.13 bits per heavy atom. The Labute approximate surface area is 89.7 Å². The minimum Gasteiger partial charge on any atom is -0.375 e. The first-order chi connectivity index (χ1) is 7.06. The molecular formula is C12H16FNO. The van der Waals surface area contributed by atoms with Crippen LogP contribution in [0.3, 0.4) is 0 Å². The maximum absolute atomic E-state index is 13.6. The van der Waals surface area contributed by atoms with E-state index in [0.29, 0.717) is 12.1 Å². The maximum atomic E-state index is 13.6. The smallest absolute Gasteiger partial charge is 0.146 e. The lowest BCUT2D eigenvalue weighted by Crippen LogP contribution is -2.11. The number of benzene rings is 1. The average Bonchev–Trinajstić information content (AvgIpc) is 2.17. The second-order valence-corrected chi connectivity index (χ2v) is 3.91. The van der Waals surface area contributed by atoms with Crippen molar-refractivity contribution < 1.29 is 9.18 Å². The van der Waals surface area contributed by atoms with Crippen molar-refractivity contribution >= 4 is 12.0 Å². The maximum Gasteiger partial charge on any atom is 0.146 e. The van der Waals surface area contributed by atoms with E-state index in [9.17, 15) is 9.18 Å². The molecule has 1 rings (SSSR count). The molecular weight excluding hydrogens is 193 g/mol. The van der Waals surface area contributed by atoms with E-state index in [0.717, 1.165) is 11.8 Å². The Hall–Kier alpha value is -1.38. The van der Waals surface area contributed by atoms with Gasteiger partial charge in [0.25, 0.3) is 0 Å². The van der Waals surface area contributed by atoms with Gasteiger partial charge in [0.15, 0.2) is 0 Å². The third-order valence-electron chi connectivity index (χ3n) is 2.47. The molecule has 3 heteroatoms. The van der Waals surface area contributed by atoms with Gasteiger partial charge in [-0.1, -0.05) is 13.0 Å². The fourth-order valence-corrected chi connectivity index (χ4v) is 1.47. The highest BCUT2D eigenvalue weighted by molar-refractivity contribution is 5.53. The fourth-order valence-electron chi connectivity index (χ4n) is 1.47. The molecule has 0 aliphatic rings. The second-order valence-electron chi connectivity index (χ2n) is 3.91. The zero-order chi connectivity index (χ0) is 11.4. The van der Waals surface area contributed by atoms with Crippen molar-refractivity contribution in [2.24, 2.45) is 0 Å². The number of halogens is 1. The van der Waals surface area contributed by atoms with Gasteiger partial charge in [-0.05, 0) is 23.6 Å². The van der Waals surface area contributed by atoms with Gasteiger partial charge in [0.05, 0.1) is 5.69 Å². The molecule has 0 radical (unpaired) electrons. The quantitative estimate of drug-likeness (QED) is 0.710. The Bertz CT molecular complexity index is 349. The molecule has 1 aromatic carbocycles. The van der Waals surface area contributed by atoms with Crippen LogP contribution in [0.4, 0.5) is 10.1 Å². The molecule has 0 bridgehead atoms. The van der Waals surface area contributed by atoms with Gasteiger partial charge in [-0.2, -0.15) is 0 Å². The van der Waals surface area contributed by atoms with Crippen LogP contribution in [0.5, 0.6) is 0 Å². The van der Waals surface area contributed by atoms with E-state index < -0.39 is 0 Å². The van der Waals surface area contributed by atoms with Gasteiger partial charge >= 0.3 is 0 Å². The van der Waals surface area contributed by atoms with Crippen LogP contribution in [0.1, 0.15) is 24.8 Å². The summed E-state index contributed by atoms with van der Waals surface area (Å²) in [5, 5.41) is 0. The van der Waals surface area contributed by atoms with Gasteiger partial charge in [-0.15, -0.1) is 0 Å². The normalized spacial score (nSPS) is 12.3. The third-order valence-corrected chi connectivity index (χ3v) is 2.47. The van der Waals surface area contributed by atoms with E-state index in [1.54, 1.807) is 25.1 Å². The highest BCUT2D eigenvalue weighted by Gasteiger charge is 2.09. The number of anilines is 1. The first-order valence-electron chi connectivity index (χ1n) is 4.96. The summed E-state index contributed by atoms with van der Waals surface area (Å²) in [6.07, 6.45) is 1.29. The summed E-state index contributed by atoms with van der Waals surface area (Å²) < 4.78 is 13.6. The molecule has 0 spiro atoms. The molecule has 2 nitrogen and oxygen atoms in total. The van der Waals surface area contributed by atoms with Crippen molar-refractivity contribution in [3.05, 3.63) is 29.6 Å². The van der Waals surface area contributed by atoms with E-state index in [-0.39, 0.29) is 11.7 Å². The Morgan fingerprint density at radius 3 is 2.60 bits per heavy atom. The number of nitrogens with zero attached hydrogens (tertiary/aromatic N) is 1. The van der Waals surface area contributed by atoms with Crippen molar-refractivity contribution in [3.8, 4) is 0 Å². The molecule has 0 aliphatic carbocycles. The van der Waals surface area contributed by atoms with E-state index >= 15 is 0 Å². The third kappa shape index (κ3) is 2.78. The lowest BCUT2D eigenvalue weighted by Gasteiger charge is -2.15. The van der Waals surface area contributed by atoms with Gasteiger partial charge < -0.3 is 9.69 Å². The molecule has 1 unspecified atom stereocenters. The van der Waals surface area contributed by atoms with Crippen LogP contribution in [0.2, 0.25) is 0 Å². The molecule has 0 amide bonds. The van der Waals surface area contributed by atoms with Crippen LogP contribution in [0, 0.1) is 5.82 Å². The molecule has 0 N–H and O–H groups in total. The molecule has 0 aliphatic heterocycles. The van der Waals surface area contributed by atoms with Gasteiger partial charge in [-0.3, -0.25) is 0 Å². The van der Waals surface area contributed by atoms with Crippen molar-refractivity contribution in [2.75, 3.05) is 19.0 Å². The second kappa shape index (κ2) is 4.91. The largest absolute Gasteiger partial charge is 0.375 e. The molecule has 1 atom stereocenters. The van der Waals surface area contributed by atoms with Crippen LogP contribution in [-0.4, -0.2) is 20.4 Å². The summed E-state index contributed by atoms with van der Waals surface area (Å²) in [4.78, 5) is 12.1. The standard InChI is InChI=1S/C12H16FNO/c1-9(6-7-15)10-4-5-12(14(2)3)11(13)8-10/h4-5,7-9H,6H2,1-3H3. The first kappa shape index (κ1) is 11.7. The number of hydrogen-bond donors (Lipinski definition) is 0. The number of hydrogen-bond acceptors (Lipinski definition) is 2. The first-order valence-corrected chi connectivity index (χ1v) is 4.96. The predicted octanol–water partition coefficient (Wildman–Crippen LogP) is 2.58. The van der Waals surface area contributed by atoms with Crippen molar-refractivity contribution in [3.63, 3.8) is 0 Å². The van der Waals surface area contributed by atoms with E-state index in [2.05, 4.69) is 0 Å². The molecule has 0 aromatic heterocycles. The summed E-state index contributed by atoms with van der Waals surface area (Å²) in [6, 6.07) is 5.11. The van der Waals surface area contributed by atoms with Gasteiger partial charge in [0.2, 0.25) is 0 Å². The van der Waals surface area contributed by atoms with Crippen LogP contribution in [0.25, 0.3) is 0 Å². The van der Waals surface area contributed by atoms with Crippen molar-refractivity contribution in [2.45, 2.75) is 19.3 Å². The molecule has 82 valence electrons.